The second-order valence-electron chi connectivity index (χ2n) is 5.44. The maximum atomic E-state index is 5.57. The molecule has 0 fully saturated rings. The van der Waals surface area contributed by atoms with Crippen molar-refractivity contribution in [2.45, 2.75) is 19.9 Å². The van der Waals surface area contributed by atoms with Crippen molar-refractivity contribution in [3.63, 3.8) is 0 Å². The van der Waals surface area contributed by atoms with E-state index in [0.717, 1.165) is 36.8 Å². The zero-order valence-electron chi connectivity index (χ0n) is 15.4. The number of nitrogens with zero attached hydrogens (tertiary/aromatic N) is 1. The summed E-state index contributed by atoms with van der Waals surface area (Å²) in [6, 6.07) is 12.3. The van der Waals surface area contributed by atoms with Gasteiger partial charge in [-0.15, -0.1) is 35.3 Å². The van der Waals surface area contributed by atoms with E-state index in [4.69, 9.17) is 9.47 Å². The molecule has 0 saturated carbocycles. The van der Waals surface area contributed by atoms with Gasteiger partial charge in [0.2, 0.25) is 0 Å². The maximum Gasteiger partial charge on any atom is 0.191 e. The van der Waals surface area contributed by atoms with Gasteiger partial charge < -0.3 is 20.1 Å². The van der Waals surface area contributed by atoms with Gasteiger partial charge in [0.15, 0.2) is 5.96 Å². The smallest absolute Gasteiger partial charge is 0.191 e. The van der Waals surface area contributed by atoms with Crippen molar-refractivity contribution in [3.8, 4) is 5.75 Å². The molecule has 144 valence electrons. The lowest BCUT2D eigenvalue weighted by atomic mass is 10.2. The lowest BCUT2D eigenvalue weighted by Gasteiger charge is -2.11. The van der Waals surface area contributed by atoms with E-state index >= 15 is 0 Å². The molecule has 2 aromatic rings. The van der Waals surface area contributed by atoms with Gasteiger partial charge in [0.05, 0.1) is 13.2 Å². The highest BCUT2D eigenvalue weighted by atomic mass is 127. The van der Waals surface area contributed by atoms with E-state index in [1.807, 2.05) is 24.3 Å². The van der Waals surface area contributed by atoms with Crippen LogP contribution < -0.4 is 15.4 Å². The number of methoxy groups -OCH3 is 1. The Kier molecular flexibility index (Phi) is 12.1. The molecule has 0 aliphatic rings. The minimum Gasteiger partial charge on any atom is -0.491 e. The molecule has 0 aliphatic heterocycles. The Morgan fingerprint density at radius 3 is 2.58 bits per heavy atom. The Bertz CT molecular complexity index is 618. The van der Waals surface area contributed by atoms with Crippen molar-refractivity contribution < 1.29 is 9.47 Å². The molecule has 0 unspecified atom stereocenters. The largest absolute Gasteiger partial charge is 0.491 e. The number of ether oxygens (including phenoxy) is 2. The first kappa shape index (κ1) is 22.7. The molecule has 7 heteroatoms. The molecule has 0 amide bonds. The van der Waals surface area contributed by atoms with Crippen LogP contribution in [-0.4, -0.2) is 39.4 Å². The third kappa shape index (κ3) is 8.86. The van der Waals surface area contributed by atoms with E-state index in [1.165, 1.54) is 4.88 Å². The second-order valence-corrected chi connectivity index (χ2v) is 6.47. The van der Waals surface area contributed by atoms with E-state index in [9.17, 15) is 0 Å². The first-order valence-corrected chi connectivity index (χ1v) is 9.45. The molecule has 2 rings (SSSR count). The van der Waals surface area contributed by atoms with Crippen molar-refractivity contribution in [2.75, 3.05) is 33.4 Å². The number of guanidine groups is 1. The normalized spacial score (nSPS) is 10.9. The number of aliphatic imine (C=N–C) groups is 1. The van der Waals surface area contributed by atoms with Crippen LogP contribution in [0.15, 0.2) is 46.8 Å². The number of benzene rings is 1. The van der Waals surface area contributed by atoms with Crippen LogP contribution in [0.5, 0.6) is 5.75 Å². The molecular formula is C19H28IN3O2S. The van der Waals surface area contributed by atoms with Gasteiger partial charge in [-0.05, 0) is 42.5 Å². The monoisotopic (exact) mass is 489 g/mol. The van der Waals surface area contributed by atoms with Gasteiger partial charge in [-0.3, -0.25) is 0 Å². The standard InChI is InChI=1S/C19H27N3O2S.HI/c1-3-20-19(21-11-10-18-5-4-14-25-18)22-15-16-6-8-17(9-7-16)24-13-12-23-2;/h4-9,14H,3,10-13,15H2,1-2H3,(H2,20,21,22);1H. The fourth-order valence-electron chi connectivity index (χ4n) is 2.20. The Hall–Kier alpha value is -1.32. The number of nitrogens with one attached hydrogen (secondary N) is 2. The minimum atomic E-state index is 0. The quantitative estimate of drug-likeness (QED) is 0.232. The molecular weight excluding hydrogens is 461 g/mol. The third-order valence-corrected chi connectivity index (χ3v) is 4.42. The van der Waals surface area contributed by atoms with Crippen LogP contribution in [-0.2, 0) is 17.7 Å². The van der Waals surface area contributed by atoms with Crippen LogP contribution in [0, 0.1) is 0 Å². The third-order valence-electron chi connectivity index (χ3n) is 3.49. The van der Waals surface area contributed by atoms with Crippen molar-refractivity contribution in [3.05, 3.63) is 52.2 Å². The van der Waals surface area contributed by atoms with Crippen molar-refractivity contribution in [2.24, 2.45) is 4.99 Å². The highest BCUT2D eigenvalue weighted by molar-refractivity contribution is 14.0. The molecule has 0 aliphatic carbocycles. The summed E-state index contributed by atoms with van der Waals surface area (Å²) in [5.41, 5.74) is 1.15. The van der Waals surface area contributed by atoms with E-state index < -0.39 is 0 Å². The van der Waals surface area contributed by atoms with Crippen LogP contribution >= 0.6 is 35.3 Å². The molecule has 1 aromatic heterocycles. The average Bonchev–Trinajstić information content (AvgIpc) is 3.14. The summed E-state index contributed by atoms with van der Waals surface area (Å²) in [5.74, 6) is 1.70. The molecule has 0 radical (unpaired) electrons. The molecule has 0 bridgehead atoms. The molecule has 1 heterocycles. The molecule has 0 atom stereocenters. The highest BCUT2D eigenvalue weighted by Crippen LogP contribution is 2.13. The molecule has 5 nitrogen and oxygen atoms in total. The summed E-state index contributed by atoms with van der Waals surface area (Å²) < 4.78 is 10.5. The Morgan fingerprint density at radius 1 is 1.12 bits per heavy atom. The van der Waals surface area contributed by atoms with Gasteiger partial charge >= 0.3 is 0 Å². The fraction of sp³-hybridized carbons (Fsp3) is 0.421. The van der Waals surface area contributed by atoms with Crippen molar-refractivity contribution in [1.82, 2.24) is 10.6 Å². The van der Waals surface area contributed by atoms with Crippen LogP contribution in [0.2, 0.25) is 0 Å². The number of halogens is 1. The topological polar surface area (TPSA) is 54.9 Å². The summed E-state index contributed by atoms with van der Waals surface area (Å²) in [6.07, 6.45) is 1.01. The van der Waals surface area contributed by atoms with Crippen LogP contribution in [0.1, 0.15) is 17.4 Å². The summed E-state index contributed by atoms with van der Waals surface area (Å²) >= 11 is 1.79. The summed E-state index contributed by atoms with van der Waals surface area (Å²) in [5, 5.41) is 8.77. The number of hydrogen-bond acceptors (Lipinski definition) is 4. The first-order chi connectivity index (χ1) is 12.3. The Balaban J connectivity index is 0.00000338. The minimum absolute atomic E-state index is 0. The van der Waals surface area contributed by atoms with Gasteiger partial charge in [0, 0.05) is 25.1 Å². The molecule has 26 heavy (non-hydrogen) atoms. The highest BCUT2D eigenvalue weighted by Gasteiger charge is 2.00. The van der Waals surface area contributed by atoms with Gasteiger partial charge in [-0.25, -0.2) is 4.99 Å². The van der Waals surface area contributed by atoms with Gasteiger partial charge in [0.25, 0.3) is 0 Å². The second kappa shape index (κ2) is 13.8. The van der Waals surface area contributed by atoms with Crippen LogP contribution in [0.3, 0.4) is 0 Å². The lowest BCUT2D eigenvalue weighted by molar-refractivity contribution is 0.146. The van der Waals surface area contributed by atoms with Gasteiger partial charge in [-0.1, -0.05) is 18.2 Å². The molecule has 1 aromatic carbocycles. The maximum absolute atomic E-state index is 5.57. The predicted molar refractivity (Wildman–Crippen MR) is 120 cm³/mol. The fourth-order valence-corrected chi connectivity index (χ4v) is 2.91. The number of thiophene rings is 1. The van der Waals surface area contributed by atoms with E-state index in [1.54, 1.807) is 18.4 Å². The van der Waals surface area contributed by atoms with Crippen LogP contribution in [0.4, 0.5) is 0 Å². The lowest BCUT2D eigenvalue weighted by Crippen LogP contribution is -2.38. The zero-order valence-corrected chi connectivity index (χ0v) is 18.5. The SMILES string of the molecule is CCNC(=NCc1ccc(OCCOC)cc1)NCCc1cccs1.I. The number of rotatable bonds is 10. The van der Waals surface area contributed by atoms with E-state index in [2.05, 4.69) is 40.1 Å². The van der Waals surface area contributed by atoms with E-state index in [0.29, 0.717) is 19.8 Å². The van der Waals surface area contributed by atoms with Crippen molar-refractivity contribution in [1.29, 1.82) is 0 Å². The molecule has 0 saturated heterocycles. The summed E-state index contributed by atoms with van der Waals surface area (Å²) in [7, 11) is 1.67. The summed E-state index contributed by atoms with van der Waals surface area (Å²) in [6.45, 7) is 5.58. The first-order valence-electron chi connectivity index (χ1n) is 8.57. The van der Waals surface area contributed by atoms with Gasteiger partial charge in [0.1, 0.15) is 12.4 Å². The Labute approximate surface area is 177 Å². The average molecular weight is 489 g/mol. The van der Waals surface area contributed by atoms with Crippen molar-refractivity contribution >= 4 is 41.3 Å². The molecule has 0 spiro atoms. The number of hydrogen-bond donors (Lipinski definition) is 2. The zero-order chi connectivity index (χ0) is 17.7. The van der Waals surface area contributed by atoms with Crippen LogP contribution in [0.25, 0.3) is 0 Å². The molecule has 2 N–H and O–H groups in total. The summed E-state index contributed by atoms with van der Waals surface area (Å²) in [4.78, 5) is 6.03. The Morgan fingerprint density at radius 2 is 1.92 bits per heavy atom. The van der Waals surface area contributed by atoms with Gasteiger partial charge in [-0.2, -0.15) is 0 Å². The predicted octanol–water partition coefficient (Wildman–Crippen LogP) is 3.69. The van der Waals surface area contributed by atoms with E-state index in [-0.39, 0.29) is 24.0 Å².